The highest BCUT2D eigenvalue weighted by atomic mass is 16.5. The lowest BCUT2D eigenvalue weighted by molar-refractivity contribution is -0.143. The normalized spacial score (nSPS) is 13.5. The minimum atomic E-state index is -1.15. The molecule has 1 heterocycles. The molecule has 154 valence electrons. The van der Waals surface area contributed by atoms with Gasteiger partial charge in [-0.3, -0.25) is 23.5 Å². The van der Waals surface area contributed by atoms with E-state index in [4.69, 9.17) is 9.84 Å². The molecule has 0 spiro atoms. The predicted molar refractivity (Wildman–Crippen MR) is 102 cm³/mol. The van der Waals surface area contributed by atoms with Gasteiger partial charge in [0.1, 0.15) is 6.54 Å². The Hall–Kier alpha value is -2.49. The largest absolute Gasteiger partial charge is 0.465 e. The van der Waals surface area contributed by atoms with Crippen molar-refractivity contribution in [2.24, 2.45) is 0 Å². The third kappa shape index (κ3) is 4.67. The maximum atomic E-state index is 12.7. The van der Waals surface area contributed by atoms with Crippen LogP contribution in [0.2, 0.25) is 0 Å². The quantitative estimate of drug-likeness (QED) is 0.404. The van der Waals surface area contributed by atoms with Crippen molar-refractivity contribution in [1.82, 2.24) is 9.13 Å². The SMILES string of the molecule is CCOC(=O)Cn1c(=O)c(=O)n(CC(O)CC(O)CO)c2cc(C)c(C)cc21. The third-order valence-corrected chi connectivity index (χ3v) is 4.59. The van der Waals surface area contributed by atoms with Gasteiger partial charge in [0, 0.05) is 6.42 Å². The number of esters is 1. The number of hydrogen-bond donors (Lipinski definition) is 3. The van der Waals surface area contributed by atoms with Crippen LogP contribution in [0.5, 0.6) is 0 Å². The number of aromatic nitrogens is 2. The van der Waals surface area contributed by atoms with Crippen LogP contribution in [0, 0.1) is 13.8 Å². The van der Waals surface area contributed by atoms with E-state index in [2.05, 4.69) is 0 Å². The van der Waals surface area contributed by atoms with E-state index in [1.165, 1.54) is 0 Å². The Bertz CT molecular complexity index is 977. The first-order valence-corrected chi connectivity index (χ1v) is 9.06. The molecule has 1 aromatic heterocycles. The second-order valence-corrected chi connectivity index (χ2v) is 6.76. The van der Waals surface area contributed by atoms with E-state index in [-0.39, 0.29) is 19.6 Å². The minimum Gasteiger partial charge on any atom is -0.465 e. The van der Waals surface area contributed by atoms with Crippen LogP contribution < -0.4 is 11.1 Å². The number of aliphatic hydroxyl groups excluding tert-OH is 3. The first-order chi connectivity index (χ1) is 13.2. The number of benzene rings is 1. The van der Waals surface area contributed by atoms with Crippen LogP contribution in [0.15, 0.2) is 21.7 Å². The van der Waals surface area contributed by atoms with Gasteiger partial charge in [-0.15, -0.1) is 0 Å². The fourth-order valence-electron chi connectivity index (χ4n) is 3.02. The second kappa shape index (κ2) is 9.13. The standard InChI is InChI=1S/C19H26N2O7/c1-4-28-17(25)9-21-16-6-12(3)11(2)5-15(16)20(18(26)19(21)27)8-13(23)7-14(24)10-22/h5-6,13-14,22-24H,4,7-10H2,1-3H3. The maximum absolute atomic E-state index is 12.7. The number of ether oxygens (including phenoxy) is 1. The van der Waals surface area contributed by atoms with Crippen molar-refractivity contribution in [2.75, 3.05) is 13.2 Å². The van der Waals surface area contributed by atoms with Gasteiger partial charge in [-0.05, 0) is 44.0 Å². The summed E-state index contributed by atoms with van der Waals surface area (Å²) in [6.07, 6.45) is -2.43. The number of fused-ring (bicyclic) bond motifs is 1. The summed E-state index contributed by atoms with van der Waals surface area (Å²) in [5.41, 5.74) is 0.694. The van der Waals surface area contributed by atoms with Gasteiger partial charge in [0.25, 0.3) is 0 Å². The zero-order valence-electron chi connectivity index (χ0n) is 16.2. The molecular formula is C19H26N2O7. The summed E-state index contributed by atoms with van der Waals surface area (Å²) >= 11 is 0. The molecule has 0 saturated carbocycles. The molecule has 2 atom stereocenters. The van der Waals surface area contributed by atoms with Gasteiger partial charge in [0.2, 0.25) is 0 Å². The van der Waals surface area contributed by atoms with Crippen molar-refractivity contribution < 1.29 is 24.9 Å². The first-order valence-electron chi connectivity index (χ1n) is 9.06. The fraction of sp³-hybridized carbons (Fsp3) is 0.526. The zero-order valence-corrected chi connectivity index (χ0v) is 16.2. The van der Waals surface area contributed by atoms with Gasteiger partial charge in [0.15, 0.2) is 0 Å². The van der Waals surface area contributed by atoms with Crippen molar-refractivity contribution >= 4 is 17.0 Å². The first kappa shape index (κ1) is 21.8. The molecule has 2 rings (SSSR count). The zero-order chi connectivity index (χ0) is 21.0. The molecule has 9 nitrogen and oxygen atoms in total. The average molecular weight is 394 g/mol. The Morgan fingerprint density at radius 1 is 1.04 bits per heavy atom. The average Bonchev–Trinajstić information content (AvgIpc) is 2.64. The summed E-state index contributed by atoms with van der Waals surface area (Å²) in [6, 6.07) is 3.42. The van der Waals surface area contributed by atoms with Crippen LogP contribution in [0.25, 0.3) is 11.0 Å². The van der Waals surface area contributed by atoms with Gasteiger partial charge >= 0.3 is 17.1 Å². The summed E-state index contributed by atoms with van der Waals surface area (Å²) in [5.74, 6) is -0.632. The second-order valence-electron chi connectivity index (χ2n) is 6.76. The molecule has 1 aromatic carbocycles. The van der Waals surface area contributed by atoms with Crippen LogP contribution >= 0.6 is 0 Å². The van der Waals surface area contributed by atoms with Crippen molar-refractivity contribution in [1.29, 1.82) is 0 Å². The lowest BCUT2D eigenvalue weighted by Crippen LogP contribution is -2.44. The molecule has 0 amide bonds. The molecule has 2 unspecified atom stereocenters. The van der Waals surface area contributed by atoms with Gasteiger partial charge in [-0.25, -0.2) is 0 Å². The van der Waals surface area contributed by atoms with Crippen LogP contribution in [0.4, 0.5) is 0 Å². The third-order valence-electron chi connectivity index (χ3n) is 4.59. The molecule has 2 aromatic rings. The van der Waals surface area contributed by atoms with E-state index in [1.807, 2.05) is 13.8 Å². The highest BCUT2D eigenvalue weighted by Gasteiger charge is 2.20. The lowest BCUT2D eigenvalue weighted by atomic mass is 10.1. The molecular weight excluding hydrogens is 368 g/mol. The van der Waals surface area contributed by atoms with Crippen LogP contribution in [-0.4, -0.2) is 55.8 Å². The number of carbonyl (C=O) groups is 1. The Balaban J connectivity index is 2.64. The predicted octanol–water partition coefficient (Wildman–Crippen LogP) is -0.553. The van der Waals surface area contributed by atoms with Crippen LogP contribution in [0.1, 0.15) is 24.5 Å². The van der Waals surface area contributed by atoms with Gasteiger partial charge in [0.05, 0.1) is 43.0 Å². The van der Waals surface area contributed by atoms with E-state index in [9.17, 15) is 24.6 Å². The lowest BCUT2D eigenvalue weighted by Gasteiger charge is -2.19. The highest BCUT2D eigenvalue weighted by Crippen LogP contribution is 2.18. The molecule has 0 aliphatic heterocycles. The molecule has 9 heteroatoms. The van der Waals surface area contributed by atoms with Crippen molar-refractivity contribution in [2.45, 2.75) is 52.5 Å². The topological polar surface area (TPSA) is 131 Å². The van der Waals surface area contributed by atoms with Gasteiger partial charge in [-0.1, -0.05) is 0 Å². The van der Waals surface area contributed by atoms with E-state index in [1.54, 1.807) is 19.1 Å². The minimum absolute atomic E-state index is 0.152. The van der Waals surface area contributed by atoms with E-state index in [0.29, 0.717) is 11.0 Å². The summed E-state index contributed by atoms with van der Waals surface area (Å²) in [4.78, 5) is 37.2. The summed E-state index contributed by atoms with van der Waals surface area (Å²) in [5, 5.41) is 28.6. The molecule has 0 radical (unpaired) electrons. The van der Waals surface area contributed by atoms with Crippen LogP contribution in [-0.2, 0) is 22.6 Å². The van der Waals surface area contributed by atoms with E-state index in [0.717, 1.165) is 20.3 Å². The number of carbonyl (C=O) groups excluding carboxylic acids is 1. The molecule has 0 fully saturated rings. The fourth-order valence-corrected chi connectivity index (χ4v) is 3.02. The molecule has 0 saturated heterocycles. The number of hydrogen-bond acceptors (Lipinski definition) is 7. The van der Waals surface area contributed by atoms with E-state index < -0.39 is 42.4 Å². The van der Waals surface area contributed by atoms with Crippen molar-refractivity contribution in [3.05, 3.63) is 44.0 Å². The number of nitrogens with zero attached hydrogens (tertiary/aromatic N) is 2. The number of aliphatic hydroxyl groups is 3. The van der Waals surface area contributed by atoms with E-state index >= 15 is 0 Å². The highest BCUT2D eigenvalue weighted by molar-refractivity contribution is 5.79. The molecule has 0 aliphatic carbocycles. The smallest absolute Gasteiger partial charge is 0.326 e. The number of rotatable bonds is 8. The van der Waals surface area contributed by atoms with Crippen molar-refractivity contribution in [3.8, 4) is 0 Å². The monoisotopic (exact) mass is 394 g/mol. The van der Waals surface area contributed by atoms with Gasteiger partial charge in [-0.2, -0.15) is 0 Å². The Morgan fingerprint density at radius 3 is 2.11 bits per heavy atom. The Morgan fingerprint density at radius 2 is 1.57 bits per heavy atom. The summed E-state index contributed by atoms with van der Waals surface area (Å²) in [6.45, 7) is 4.34. The summed E-state index contributed by atoms with van der Waals surface area (Å²) < 4.78 is 7.11. The maximum Gasteiger partial charge on any atom is 0.326 e. The Kier molecular flexibility index (Phi) is 7.11. The summed E-state index contributed by atoms with van der Waals surface area (Å²) in [7, 11) is 0. The van der Waals surface area contributed by atoms with Crippen molar-refractivity contribution in [3.63, 3.8) is 0 Å². The molecule has 3 N–H and O–H groups in total. The molecule has 0 bridgehead atoms. The molecule has 28 heavy (non-hydrogen) atoms. The Labute approximate surface area is 161 Å². The van der Waals surface area contributed by atoms with Gasteiger partial charge < -0.3 is 20.1 Å². The molecule has 0 aliphatic rings. The van der Waals surface area contributed by atoms with Crippen LogP contribution in [0.3, 0.4) is 0 Å². The number of aryl methyl sites for hydroxylation is 2.